The fraction of sp³-hybridized carbons (Fsp3) is 0.364. The third-order valence-electron chi connectivity index (χ3n) is 4.90. The van der Waals surface area contributed by atoms with Gasteiger partial charge in [0.15, 0.2) is 0 Å². The maximum Gasteiger partial charge on any atom is 0.254 e. The molecule has 2 aromatic rings. The van der Waals surface area contributed by atoms with E-state index in [1.807, 2.05) is 19.0 Å². The van der Waals surface area contributed by atoms with Gasteiger partial charge in [0.1, 0.15) is 12.4 Å². The maximum absolute atomic E-state index is 13.1. The van der Waals surface area contributed by atoms with E-state index in [2.05, 4.69) is 43.1 Å². The zero-order valence-corrected chi connectivity index (χ0v) is 19.8. The highest BCUT2D eigenvalue weighted by Crippen LogP contribution is 2.28. The van der Waals surface area contributed by atoms with Crippen LogP contribution in [-0.4, -0.2) is 78.0 Å². The summed E-state index contributed by atoms with van der Waals surface area (Å²) >= 11 is 3.32. The van der Waals surface area contributed by atoms with Crippen LogP contribution in [0.1, 0.15) is 16.8 Å². The first-order chi connectivity index (χ1) is 15.4. The quantitative estimate of drug-likeness (QED) is 0.508. The van der Waals surface area contributed by atoms with Gasteiger partial charge in [-0.1, -0.05) is 6.58 Å². The van der Waals surface area contributed by atoms with E-state index in [0.717, 1.165) is 10.9 Å². The lowest BCUT2D eigenvalue weighted by molar-refractivity contribution is -0.111. The second-order valence-electron chi connectivity index (χ2n) is 7.66. The van der Waals surface area contributed by atoms with E-state index in [1.54, 1.807) is 35.5 Å². The van der Waals surface area contributed by atoms with Gasteiger partial charge in [-0.15, -0.1) is 0 Å². The van der Waals surface area contributed by atoms with E-state index in [9.17, 15) is 9.59 Å². The minimum atomic E-state index is -0.342. The van der Waals surface area contributed by atoms with E-state index in [4.69, 9.17) is 4.74 Å². The number of carbonyl (C=O) groups is 2. The lowest BCUT2D eigenvalue weighted by atomic mass is 10.1. The number of anilines is 2. The zero-order chi connectivity index (χ0) is 23.1. The summed E-state index contributed by atoms with van der Waals surface area (Å²) in [4.78, 5) is 37.1. The number of hydrogen-bond donors (Lipinski definition) is 2. The molecule has 0 radical (unpaired) electrons. The van der Waals surface area contributed by atoms with Crippen molar-refractivity contribution < 1.29 is 14.3 Å². The summed E-state index contributed by atoms with van der Waals surface area (Å²) in [7, 11) is 3.89. The fourth-order valence-electron chi connectivity index (χ4n) is 3.21. The van der Waals surface area contributed by atoms with Crippen molar-refractivity contribution in [3.8, 4) is 5.75 Å². The van der Waals surface area contributed by atoms with Crippen molar-refractivity contribution in [1.29, 1.82) is 0 Å². The van der Waals surface area contributed by atoms with Crippen molar-refractivity contribution in [2.75, 3.05) is 51.0 Å². The highest BCUT2D eigenvalue weighted by Gasteiger charge is 2.28. The first kappa shape index (κ1) is 23.7. The summed E-state index contributed by atoms with van der Waals surface area (Å²) in [6.45, 7) is 5.76. The SMILES string of the molecule is C=CC(=O)Nc1ccc(C(=O)N2CC[C@H](Nc3ncc(Br)cn3)C2)cc1OCCN(C)C. The van der Waals surface area contributed by atoms with Gasteiger partial charge >= 0.3 is 0 Å². The smallest absolute Gasteiger partial charge is 0.254 e. The van der Waals surface area contributed by atoms with E-state index >= 15 is 0 Å². The van der Waals surface area contributed by atoms with Crippen molar-refractivity contribution in [2.24, 2.45) is 0 Å². The zero-order valence-electron chi connectivity index (χ0n) is 18.2. The Hall–Kier alpha value is -2.98. The van der Waals surface area contributed by atoms with Crippen molar-refractivity contribution in [1.82, 2.24) is 19.8 Å². The van der Waals surface area contributed by atoms with Crippen LogP contribution >= 0.6 is 15.9 Å². The van der Waals surface area contributed by atoms with Crippen LogP contribution in [0.4, 0.5) is 11.6 Å². The first-order valence-electron chi connectivity index (χ1n) is 10.2. The molecule has 1 saturated heterocycles. The number of nitrogens with zero attached hydrogens (tertiary/aromatic N) is 4. The lowest BCUT2D eigenvalue weighted by Gasteiger charge is -2.19. The number of halogens is 1. The van der Waals surface area contributed by atoms with Gasteiger partial charge < -0.3 is 25.2 Å². The number of likely N-dealkylation sites (N-methyl/N-ethyl adjacent to an activating group) is 1. The second kappa shape index (κ2) is 11.1. The van der Waals surface area contributed by atoms with Crippen LogP contribution in [0, 0.1) is 0 Å². The second-order valence-corrected chi connectivity index (χ2v) is 8.58. The Morgan fingerprint density at radius 2 is 2.09 bits per heavy atom. The fourth-order valence-corrected chi connectivity index (χ4v) is 3.42. The van der Waals surface area contributed by atoms with Crippen molar-refractivity contribution in [3.05, 3.63) is 53.3 Å². The summed E-state index contributed by atoms with van der Waals surface area (Å²) in [5, 5.41) is 5.99. The van der Waals surface area contributed by atoms with Gasteiger partial charge in [-0.2, -0.15) is 0 Å². The number of likely N-dealkylation sites (tertiary alicyclic amines) is 1. The van der Waals surface area contributed by atoms with Crippen molar-refractivity contribution >= 4 is 39.4 Å². The monoisotopic (exact) mass is 502 g/mol. The molecule has 1 fully saturated rings. The number of carbonyl (C=O) groups excluding carboxylic acids is 2. The Labute approximate surface area is 196 Å². The third kappa shape index (κ3) is 6.51. The number of aromatic nitrogens is 2. The largest absolute Gasteiger partial charge is 0.490 e. The first-order valence-corrected chi connectivity index (χ1v) is 11.0. The number of rotatable bonds is 9. The van der Waals surface area contributed by atoms with Gasteiger partial charge in [0.2, 0.25) is 11.9 Å². The van der Waals surface area contributed by atoms with Crippen LogP contribution in [0.15, 0.2) is 47.7 Å². The Balaban J connectivity index is 1.68. The minimum absolute atomic E-state index is 0.0714. The molecule has 0 unspecified atom stereocenters. The summed E-state index contributed by atoms with van der Waals surface area (Å²) in [6.07, 6.45) is 5.34. The van der Waals surface area contributed by atoms with Crippen LogP contribution < -0.4 is 15.4 Å². The Bertz CT molecular complexity index is 967. The molecule has 0 spiro atoms. The van der Waals surface area contributed by atoms with Crippen molar-refractivity contribution in [3.63, 3.8) is 0 Å². The van der Waals surface area contributed by atoms with Gasteiger partial charge in [-0.05, 0) is 60.7 Å². The van der Waals surface area contributed by atoms with Gasteiger partial charge in [0.25, 0.3) is 5.91 Å². The lowest BCUT2D eigenvalue weighted by Crippen LogP contribution is -2.32. The molecule has 0 saturated carbocycles. The van der Waals surface area contributed by atoms with Crippen LogP contribution in [0.25, 0.3) is 0 Å². The molecular weight excluding hydrogens is 476 g/mol. The molecule has 1 atom stereocenters. The number of hydrogen-bond acceptors (Lipinski definition) is 7. The average Bonchev–Trinajstić information content (AvgIpc) is 3.24. The summed E-state index contributed by atoms with van der Waals surface area (Å²) in [5.74, 6) is 0.548. The predicted octanol–water partition coefficient (Wildman–Crippen LogP) is 2.63. The summed E-state index contributed by atoms with van der Waals surface area (Å²) < 4.78 is 6.67. The molecule has 1 aromatic carbocycles. The molecule has 1 aliphatic rings. The molecule has 10 heteroatoms. The maximum atomic E-state index is 13.1. The summed E-state index contributed by atoms with van der Waals surface area (Å²) in [5.41, 5.74) is 1.00. The van der Waals surface area contributed by atoms with Crippen LogP contribution in [0.3, 0.4) is 0 Å². The van der Waals surface area contributed by atoms with E-state index in [0.29, 0.717) is 49.2 Å². The molecule has 32 heavy (non-hydrogen) atoms. The van der Waals surface area contributed by atoms with Crippen molar-refractivity contribution in [2.45, 2.75) is 12.5 Å². The molecule has 9 nitrogen and oxygen atoms in total. The van der Waals surface area contributed by atoms with Gasteiger partial charge in [0, 0.05) is 43.6 Å². The molecule has 1 aromatic heterocycles. The molecule has 1 aliphatic heterocycles. The minimum Gasteiger partial charge on any atom is -0.490 e. The van der Waals surface area contributed by atoms with Crippen LogP contribution in [0.2, 0.25) is 0 Å². The standard InChI is InChI=1S/C22H27BrN6O3/c1-4-20(30)27-18-6-5-15(11-19(18)32-10-9-28(2)3)21(31)29-8-7-17(14-29)26-22-24-12-16(23)13-25-22/h4-6,11-13,17H,1,7-10,14H2,2-3H3,(H,27,30)(H,24,25,26)/t17-/m0/s1. The average molecular weight is 503 g/mol. The molecule has 3 rings (SSSR count). The van der Waals surface area contributed by atoms with E-state index < -0.39 is 0 Å². The van der Waals surface area contributed by atoms with Gasteiger partial charge in [-0.25, -0.2) is 9.97 Å². The van der Waals surface area contributed by atoms with Crippen LogP contribution in [0.5, 0.6) is 5.75 Å². The Morgan fingerprint density at radius 1 is 1.34 bits per heavy atom. The highest BCUT2D eigenvalue weighted by molar-refractivity contribution is 9.10. The van der Waals surface area contributed by atoms with Crippen LogP contribution in [-0.2, 0) is 4.79 Å². The van der Waals surface area contributed by atoms with Gasteiger partial charge in [0.05, 0.1) is 10.2 Å². The molecule has 2 N–H and O–H groups in total. The third-order valence-corrected chi connectivity index (χ3v) is 5.31. The molecule has 2 amide bonds. The number of nitrogens with one attached hydrogen (secondary N) is 2. The predicted molar refractivity (Wildman–Crippen MR) is 127 cm³/mol. The topological polar surface area (TPSA) is 99.7 Å². The molecule has 170 valence electrons. The number of benzene rings is 1. The molecule has 0 bridgehead atoms. The Kier molecular flexibility index (Phi) is 8.18. The highest BCUT2D eigenvalue weighted by atomic mass is 79.9. The van der Waals surface area contributed by atoms with E-state index in [1.165, 1.54) is 6.08 Å². The van der Waals surface area contributed by atoms with Gasteiger partial charge in [-0.3, -0.25) is 9.59 Å². The van der Waals surface area contributed by atoms with E-state index in [-0.39, 0.29) is 17.9 Å². The number of ether oxygens (including phenoxy) is 1. The molecule has 2 heterocycles. The molecular formula is C22H27BrN6O3. The summed E-state index contributed by atoms with van der Waals surface area (Å²) in [6, 6.07) is 5.12. The molecule has 0 aliphatic carbocycles. The Morgan fingerprint density at radius 3 is 2.78 bits per heavy atom. The number of amides is 2. The normalized spacial score (nSPS) is 15.5.